The van der Waals surface area contributed by atoms with Crippen LogP contribution in [0.1, 0.15) is 22.7 Å². The molecule has 0 aromatic heterocycles. The van der Waals surface area contributed by atoms with Gasteiger partial charge in [-0.15, -0.1) is 0 Å². The molecule has 2 aromatic carbocycles. The minimum absolute atomic E-state index is 0.289. The Morgan fingerprint density at radius 1 is 1.10 bits per heavy atom. The molecule has 2 aromatic rings. The summed E-state index contributed by atoms with van der Waals surface area (Å²) < 4.78 is 24.7. The Balaban J connectivity index is 2.06. The second-order valence-corrected chi connectivity index (χ2v) is 4.85. The zero-order valence-electron chi connectivity index (χ0n) is 11.2. The van der Waals surface area contributed by atoms with Crippen LogP contribution in [0.25, 0.3) is 0 Å². The number of fused-ring (bicyclic) bond motifs is 1. The summed E-state index contributed by atoms with van der Waals surface area (Å²) in [5, 5.41) is 0. The van der Waals surface area contributed by atoms with E-state index in [0.29, 0.717) is 24.7 Å². The molecule has 0 fully saturated rings. The van der Waals surface area contributed by atoms with Gasteiger partial charge in [-0.1, -0.05) is 18.2 Å². The van der Waals surface area contributed by atoms with Crippen molar-refractivity contribution in [3.8, 4) is 11.5 Å². The van der Waals surface area contributed by atoms with Crippen LogP contribution in [0.4, 0.5) is 4.39 Å². The first-order valence-corrected chi connectivity index (χ1v) is 6.57. The third-order valence-corrected chi connectivity index (χ3v) is 3.51. The maximum absolute atomic E-state index is 13.5. The zero-order valence-corrected chi connectivity index (χ0v) is 11.2. The van der Waals surface area contributed by atoms with Crippen molar-refractivity contribution in [3.63, 3.8) is 0 Å². The van der Waals surface area contributed by atoms with Gasteiger partial charge in [0.15, 0.2) is 11.5 Å². The predicted octanol–water partition coefficient (Wildman–Crippen LogP) is 2.95. The number of halogens is 1. The van der Waals surface area contributed by atoms with E-state index in [-0.39, 0.29) is 5.82 Å². The standard InChI is InChI=1S/C16H16FNO2/c1-10-5-6-11(17)9-13(10)15(18)12-3-2-4-14-16(12)20-8-7-19-14/h2-6,9,15H,7-8,18H2,1H3. The lowest BCUT2D eigenvalue weighted by Gasteiger charge is -2.24. The first-order valence-electron chi connectivity index (χ1n) is 6.57. The summed E-state index contributed by atoms with van der Waals surface area (Å²) in [4.78, 5) is 0. The summed E-state index contributed by atoms with van der Waals surface area (Å²) in [5.41, 5.74) is 8.83. The van der Waals surface area contributed by atoms with Crippen molar-refractivity contribution in [1.82, 2.24) is 0 Å². The van der Waals surface area contributed by atoms with Crippen LogP contribution in [0.5, 0.6) is 11.5 Å². The van der Waals surface area contributed by atoms with Crippen molar-refractivity contribution in [2.45, 2.75) is 13.0 Å². The quantitative estimate of drug-likeness (QED) is 0.915. The molecule has 4 heteroatoms. The van der Waals surface area contributed by atoms with Crippen LogP contribution in [0.3, 0.4) is 0 Å². The van der Waals surface area contributed by atoms with E-state index in [2.05, 4.69) is 0 Å². The molecule has 0 amide bonds. The normalized spacial score (nSPS) is 14.9. The van der Waals surface area contributed by atoms with Gasteiger partial charge in [0.05, 0.1) is 6.04 Å². The molecule has 1 heterocycles. The molecule has 104 valence electrons. The highest BCUT2D eigenvalue weighted by Gasteiger charge is 2.22. The Kier molecular flexibility index (Phi) is 3.32. The van der Waals surface area contributed by atoms with Gasteiger partial charge in [-0.2, -0.15) is 0 Å². The number of hydrogen-bond donors (Lipinski definition) is 1. The van der Waals surface area contributed by atoms with Gasteiger partial charge in [0.25, 0.3) is 0 Å². The molecule has 3 nitrogen and oxygen atoms in total. The van der Waals surface area contributed by atoms with Gasteiger partial charge in [0, 0.05) is 5.56 Å². The molecule has 2 N–H and O–H groups in total. The first-order chi connectivity index (χ1) is 9.66. The molecule has 0 bridgehead atoms. The Labute approximate surface area is 117 Å². The molecular weight excluding hydrogens is 257 g/mol. The minimum atomic E-state index is -0.442. The third kappa shape index (κ3) is 2.23. The molecule has 0 saturated carbocycles. The molecule has 0 radical (unpaired) electrons. The number of ether oxygens (including phenoxy) is 2. The number of aryl methyl sites for hydroxylation is 1. The highest BCUT2D eigenvalue weighted by Crippen LogP contribution is 2.38. The number of nitrogens with two attached hydrogens (primary N) is 1. The topological polar surface area (TPSA) is 44.5 Å². The van der Waals surface area contributed by atoms with E-state index in [0.717, 1.165) is 16.7 Å². The molecule has 3 rings (SSSR count). The van der Waals surface area contributed by atoms with Crippen LogP contribution >= 0.6 is 0 Å². The highest BCUT2D eigenvalue weighted by atomic mass is 19.1. The minimum Gasteiger partial charge on any atom is -0.486 e. The average molecular weight is 273 g/mol. The van der Waals surface area contributed by atoms with Gasteiger partial charge in [-0.25, -0.2) is 4.39 Å². The SMILES string of the molecule is Cc1ccc(F)cc1C(N)c1cccc2c1OCCO2. The Bertz CT molecular complexity index is 642. The van der Waals surface area contributed by atoms with Gasteiger partial charge in [-0.3, -0.25) is 0 Å². The summed E-state index contributed by atoms with van der Waals surface area (Å²) >= 11 is 0. The fourth-order valence-electron chi connectivity index (χ4n) is 2.46. The van der Waals surface area contributed by atoms with Crippen molar-refractivity contribution >= 4 is 0 Å². The van der Waals surface area contributed by atoms with Crippen LogP contribution < -0.4 is 15.2 Å². The Hall–Kier alpha value is -2.07. The van der Waals surface area contributed by atoms with Crippen LogP contribution in [0.2, 0.25) is 0 Å². The lowest BCUT2D eigenvalue weighted by atomic mass is 9.94. The van der Waals surface area contributed by atoms with Gasteiger partial charge in [0.2, 0.25) is 0 Å². The molecule has 0 aliphatic carbocycles. The van der Waals surface area contributed by atoms with E-state index in [4.69, 9.17) is 15.2 Å². The largest absolute Gasteiger partial charge is 0.486 e. The lowest BCUT2D eigenvalue weighted by molar-refractivity contribution is 0.169. The summed E-state index contributed by atoms with van der Waals surface area (Å²) in [6.07, 6.45) is 0. The maximum Gasteiger partial charge on any atom is 0.166 e. The maximum atomic E-state index is 13.5. The van der Waals surface area contributed by atoms with E-state index >= 15 is 0 Å². The number of rotatable bonds is 2. The first kappa shape index (κ1) is 12.9. The smallest absolute Gasteiger partial charge is 0.166 e. The third-order valence-electron chi connectivity index (χ3n) is 3.51. The van der Waals surface area contributed by atoms with Gasteiger partial charge < -0.3 is 15.2 Å². The fraction of sp³-hybridized carbons (Fsp3) is 0.250. The summed E-state index contributed by atoms with van der Waals surface area (Å²) in [7, 11) is 0. The Morgan fingerprint density at radius 3 is 2.75 bits per heavy atom. The second-order valence-electron chi connectivity index (χ2n) is 4.85. The van der Waals surface area contributed by atoms with E-state index in [1.54, 1.807) is 6.07 Å². The monoisotopic (exact) mass is 273 g/mol. The number of benzene rings is 2. The summed E-state index contributed by atoms with van der Waals surface area (Å²) in [6, 6.07) is 9.82. The van der Waals surface area contributed by atoms with Crippen molar-refractivity contribution in [2.24, 2.45) is 5.73 Å². The number of para-hydroxylation sites is 1. The van der Waals surface area contributed by atoms with Crippen molar-refractivity contribution in [2.75, 3.05) is 13.2 Å². The lowest BCUT2D eigenvalue weighted by Crippen LogP contribution is -2.20. The molecular formula is C16H16FNO2. The van der Waals surface area contributed by atoms with E-state index in [9.17, 15) is 4.39 Å². The van der Waals surface area contributed by atoms with Crippen molar-refractivity contribution < 1.29 is 13.9 Å². The number of hydrogen-bond acceptors (Lipinski definition) is 3. The van der Waals surface area contributed by atoms with E-state index < -0.39 is 6.04 Å². The molecule has 1 unspecified atom stereocenters. The van der Waals surface area contributed by atoms with Crippen molar-refractivity contribution in [3.05, 3.63) is 58.9 Å². The Morgan fingerprint density at radius 2 is 1.90 bits per heavy atom. The van der Waals surface area contributed by atoms with Gasteiger partial charge in [-0.05, 0) is 36.2 Å². The summed E-state index contributed by atoms with van der Waals surface area (Å²) in [5.74, 6) is 1.07. The highest BCUT2D eigenvalue weighted by molar-refractivity contribution is 5.52. The van der Waals surface area contributed by atoms with Crippen molar-refractivity contribution in [1.29, 1.82) is 0 Å². The van der Waals surface area contributed by atoms with E-state index in [1.807, 2.05) is 25.1 Å². The van der Waals surface area contributed by atoms with Crippen LogP contribution in [0, 0.1) is 12.7 Å². The zero-order chi connectivity index (χ0) is 14.1. The molecule has 0 spiro atoms. The molecule has 1 aliphatic heterocycles. The molecule has 0 saturated heterocycles. The molecule has 1 atom stereocenters. The molecule has 20 heavy (non-hydrogen) atoms. The van der Waals surface area contributed by atoms with Crippen LogP contribution in [-0.4, -0.2) is 13.2 Å². The van der Waals surface area contributed by atoms with E-state index in [1.165, 1.54) is 12.1 Å². The average Bonchev–Trinajstić information content (AvgIpc) is 2.48. The van der Waals surface area contributed by atoms with Gasteiger partial charge >= 0.3 is 0 Å². The predicted molar refractivity (Wildman–Crippen MR) is 74.6 cm³/mol. The summed E-state index contributed by atoms with van der Waals surface area (Å²) in [6.45, 7) is 2.95. The van der Waals surface area contributed by atoms with Crippen LogP contribution in [0.15, 0.2) is 36.4 Å². The van der Waals surface area contributed by atoms with Gasteiger partial charge in [0.1, 0.15) is 19.0 Å². The second kappa shape index (κ2) is 5.13. The van der Waals surface area contributed by atoms with Crippen LogP contribution in [-0.2, 0) is 0 Å². The fourth-order valence-corrected chi connectivity index (χ4v) is 2.46. The molecule has 1 aliphatic rings.